The molecule has 0 saturated heterocycles. The lowest BCUT2D eigenvalue weighted by atomic mass is 10.1. The van der Waals surface area contributed by atoms with Crippen LogP contribution in [-0.4, -0.2) is 91.1 Å². The van der Waals surface area contributed by atoms with Gasteiger partial charge in [0.25, 0.3) is 0 Å². The summed E-state index contributed by atoms with van der Waals surface area (Å²) in [6, 6.07) is -6.05. The van der Waals surface area contributed by atoms with Gasteiger partial charge in [0.2, 0.25) is 23.6 Å². The summed E-state index contributed by atoms with van der Waals surface area (Å²) in [5.74, 6) is -6.63. The number of nitrogens with two attached hydrogens (primary N) is 2. The Morgan fingerprint density at radius 2 is 1.66 bits per heavy atom. The molecule has 0 saturated carbocycles. The summed E-state index contributed by atoms with van der Waals surface area (Å²) in [5, 5.41) is 34.8. The predicted octanol–water partition coefficient (Wildman–Crippen LogP) is -4.06. The Balaban J connectivity index is 2.96. The summed E-state index contributed by atoms with van der Waals surface area (Å²) in [5.41, 5.74) is 11.0. The minimum absolute atomic E-state index is 0.166. The van der Waals surface area contributed by atoms with Crippen molar-refractivity contribution in [2.75, 3.05) is 0 Å². The molecule has 16 heteroatoms. The number of H-pyrrole nitrogens is 1. The lowest BCUT2D eigenvalue weighted by Gasteiger charge is -2.26. The van der Waals surface area contributed by atoms with E-state index in [0.29, 0.717) is 5.69 Å². The van der Waals surface area contributed by atoms with Crippen LogP contribution in [0.25, 0.3) is 0 Å². The molecule has 11 N–H and O–H groups in total. The van der Waals surface area contributed by atoms with Gasteiger partial charge in [-0.05, 0) is 13.3 Å². The van der Waals surface area contributed by atoms with Gasteiger partial charge < -0.3 is 47.7 Å². The molecule has 35 heavy (non-hydrogen) atoms. The van der Waals surface area contributed by atoms with Gasteiger partial charge in [-0.15, -0.1) is 0 Å². The Hall–Kier alpha value is -4.05. The lowest BCUT2D eigenvalue weighted by Crippen LogP contribution is -2.60. The normalized spacial score (nSPS) is 15.1. The highest BCUT2D eigenvalue weighted by Crippen LogP contribution is 2.04. The summed E-state index contributed by atoms with van der Waals surface area (Å²) in [6.07, 6.45) is -0.402. The van der Waals surface area contributed by atoms with Crippen molar-refractivity contribution in [3.05, 3.63) is 18.2 Å². The third-order valence-electron chi connectivity index (χ3n) is 4.70. The smallest absolute Gasteiger partial charge is 0.326 e. The summed E-state index contributed by atoms with van der Waals surface area (Å²) >= 11 is 0. The van der Waals surface area contributed by atoms with Crippen LogP contribution < -0.4 is 27.4 Å². The zero-order chi connectivity index (χ0) is 26.7. The van der Waals surface area contributed by atoms with Crippen molar-refractivity contribution < 1.29 is 44.1 Å². The number of amides is 4. The molecule has 5 atom stereocenters. The molecule has 0 spiro atoms. The summed E-state index contributed by atoms with van der Waals surface area (Å²) in [6.45, 7) is 1.16. The number of carboxylic acids is 2. The second kappa shape index (κ2) is 13.6. The van der Waals surface area contributed by atoms with E-state index >= 15 is 0 Å². The summed E-state index contributed by atoms with van der Waals surface area (Å²) < 4.78 is 0. The topological polar surface area (TPSA) is 280 Å². The fourth-order valence-electron chi connectivity index (χ4n) is 2.85. The molecular weight excluding hydrogens is 470 g/mol. The van der Waals surface area contributed by atoms with Gasteiger partial charge in [-0.1, -0.05) is 0 Å². The first-order chi connectivity index (χ1) is 16.3. The van der Waals surface area contributed by atoms with E-state index in [4.69, 9.17) is 16.6 Å². The number of imidazole rings is 1. The van der Waals surface area contributed by atoms with Crippen molar-refractivity contribution >= 4 is 35.6 Å². The number of aromatic amines is 1. The van der Waals surface area contributed by atoms with Gasteiger partial charge in [-0.2, -0.15) is 0 Å². The van der Waals surface area contributed by atoms with E-state index < -0.39 is 72.3 Å². The number of carbonyl (C=O) groups is 6. The van der Waals surface area contributed by atoms with Gasteiger partial charge in [-0.3, -0.25) is 24.0 Å². The van der Waals surface area contributed by atoms with Crippen LogP contribution in [0.3, 0.4) is 0 Å². The van der Waals surface area contributed by atoms with Crippen molar-refractivity contribution in [2.45, 2.75) is 62.9 Å². The molecule has 0 fully saturated rings. The van der Waals surface area contributed by atoms with E-state index in [1.54, 1.807) is 0 Å². The van der Waals surface area contributed by atoms with Crippen LogP contribution in [0.5, 0.6) is 0 Å². The molecule has 0 aliphatic heterocycles. The number of primary amides is 1. The van der Waals surface area contributed by atoms with Crippen molar-refractivity contribution in [1.82, 2.24) is 25.9 Å². The number of carbonyl (C=O) groups excluding carboxylic acids is 4. The number of carboxylic acid groups (broad SMARTS) is 2. The van der Waals surface area contributed by atoms with Crippen LogP contribution in [0.2, 0.25) is 0 Å². The first-order valence-electron chi connectivity index (χ1n) is 10.4. The molecule has 0 aromatic carbocycles. The molecule has 4 amide bonds. The monoisotopic (exact) mass is 499 g/mol. The maximum atomic E-state index is 12.8. The Kier molecular flexibility index (Phi) is 11.3. The van der Waals surface area contributed by atoms with Gasteiger partial charge in [0.15, 0.2) is 0 Å². The van der Waals surface area contributed by atoms with Gasteiger partial charge >= 0.3 is 11.9 Å². The molecule has 1 heterocycles. The van der Waals surface area contributed by atoms with Crippen LogP contribution in [0.1, 0.15) is 31.9 Å². The number of rotatable bonds is 15. The van der Waals surface area contributed by atoms with Gasteiger partial charge in [0.1, 0.15) is 18.1 Å². The zero-order valence-corrected chi connectivity index (χ0v) is 18.8. The van der Waals surface area contributed by atoms with Crippen LogP contribution >= 0.6 is 0 Å². The summed E-state index contributed by atoms with van der Waals surface area (Å²) in [7, 11) is 0. The SMILES string of the molecule is CC(O)C(NC(=O)C(CCC(N)=O)NC(=O)C(N)CC(=O)O)C(=O)NC(Cc1cnc[nH]1)C(=O)O. The minimum atomic E-state index is -1.65. The standard InChI is InChI=1S/C19H29N7O9/c1-8(27)15(18(33)25-12(19(34)35)4-9-6-22-7-23-9)26-17(32)11(2-3-13(21)28)24-16(31)10(20)5-14(29)30/h6-8,10-12,15,27H,2-5,20H2,1H3,(H2,21,28)(H,22,23)(H,24,31)(H,25,33)(H,26,32)(H,29,30)(H,34,35). The van der Waals surface area contributed by atoms with Crippen molar-refractivity contribution in [1.29, 1.82) is 0 Å². The third-order valence-corrected chi connectivity index (χ3v) is 4.70. The van der Waals surface area contributed by atoms with Crippen LogP contribution in [0, 0.1) is 0 Å². The maximum Gasteiger partial charge on any atom is 0.326 e. The molecule has 5 unspecified atom stereocenters. The number of nitrogens with one attached hydrogen (secondary N) is 4. The zero-order valence-electron chi connectivity index (χ0n) is 18.8. The molecule has 0 bridgehead atoms. The van der Waals surface area contributed by atoms with Gasteiger partial charge in [0, 0.05) is 24.7 Å². The van der Waals surface area contributed by atoms with E-state index in [2.05, 4.69) is 25.9 Å². The highest BCUT2D eigenvalue weighted by Gasteiger charge is 2.33. The number of hydrogen-bond donors (Lipinski definition) is 9. The maximum absolute atomic E-state index is 12.8. The molecule has 0 radical (unpaired) electrons. The van der Waals surface area contributed by atoms with Gasteiger partial charge in [0.05, 0.1) is 24.9 Å². The summed E-state index contributed by atoms with van der Waals surface area (Å²) in [4.78, 5) is 77.5. The van der Waals surface area contributed by atoms with Crippen molar-refractivity contribution in [2.24, 2.45) is 11.5 Å². The van der Waals surface area contributed by atoms with E-state index in [9.17, 15) is 39.0 Å². The van der Waals surface area contributed by atoms with E-state index in [-0.39, 0.29) is 19.3 Å². The van der Waals surface area contributed by atoms with E-state index in [1.807, 2.05) is 0 Å². The van der Waals surface area contributed by atoms with Gasteiger partial charge in [-0.25, -0.2) is 9.78 Å². The largest absolute Gasteiger partial charge is 0.481 e. The second-order valence-corrected chi connectivity index (χ2v) is 7.68. The molecule has 0 aliphatic carbocycles. The van der Waals surface area contributed by atoms with Crippen LogP contribution in [-0.2, 0) is 35.2 Å². The average Bonchev–Trinajstić information content (AvgIpc) is 3.26. The predicted molar refractivity (Wildman–Crippen MR) is 116 cm³/mol. The molecule has 16 nitrogen and oxygen atoms in total. The highest BCUT2D eigenvalue weighted by atomic mass is 16.4. The molecule has 1 aromatic heterocycles. The molecule has 1 rings (SSSR count). The van der Waals surface area contributed by atoms with Crippen LogP contribution in [0.15, 0.2) is 12.5 Å². The molecule has 194 valence electrons. The Morgan fingerprint density at radius 1 is 1.03 bits per heavy atom. The molecular formula is C19H29N7O9. The Labute approximate surface area is 198 Å². The van der Waals surface area contributed by atoms with E-state index in [1.165, 1.54) is 12.5 Å². The number of aliphatic hydroxyl groups is 1. The molecule has 0 aliphatic rings. The first kappa shape index (κ1) is 29.0. The first-order valence-corrected chi connectivity index (χ1v) is 10.4. The Bertz CT molecular complexity index is 920. The Morgan fingerprint density at radius 3 is 2.14 bits per heavy atom. The van der Waals surface area contributed by atoms with Crippen LogP contribution in [0.4, 0.5) is 0 Å². The van der Waals surface area contributed by atoms with E-state index in [0.717, 1.165) is 6.92 Å². The number of aliphatic carboxylic acids is 2. The minimum Gasteiger partial charge on any atom is -0.481 e. The number of hydrogen-bond acceptors (Lipinski definition) is 9. The quantitative estimate of drug-likeness (QED) is 0.112. The lowest BCUT2D eigenvalue weighted by molar-refractivity contribution is -0.143. The fraction of sp³-hybridized carbons (Fsp3) is 0.526. The van der Waals surface area contributed by atoms with Crippen molar-refractivity contribution in [3.63, 3.8) is 0 Å². The number of aromatic nitrogens is 2. The average molecular weight is 499 g/mol. The third kappa shape index (κ3) is 10.2. The number of nitrogens with zero attached hydrogens (tertiary/aromatic N) is 1. The highest BCUT2D eigenvalue weighted by molar-refractivity contribution is 5.95. The van der Waals surface area contributed by atoms with Crippen molar-refractivity contribution in [3.8, 4) is 0 Å². The fourth-order valence-corrected chi connectivity index (χ4v) is 2.85. The second-order valence-electron chi connectivity index (χ2n) is 7.68. The molecule has 1 aromatic rings. The number of aliphatic hydroxyl groups excluding tert-OH is 1.